The Kier molecular flexibility index (Phi) is 3.83. The fraction of sp³-hybridized carbons (Fsp3) is 0.500. The molecule has 4 heteroatoms. The molecule has 0 aromatic carbocycles. The van der Waals surface area contributed by atoms with E-state index < -0.39 is 0 Å². The molecule has 4 nitrogen and oxygen atoms in total. The highest BCUT2D eigenvalue weighted by molar-refractivity contribution is 5.47. The molecule has 0 aliphatic heterocycles. The molecule has 0 fully saturated rings. The van der Waals surface area contributed by atoms with E-state index in [-0.39, 0.29) is 0 Å². The summed E-state index contributed by atoms with van der Waals surface area (Å²) in [5.41, 5.74) is 2.48. The van der Waals surface area contributed by atoms with Crippen molar-refractivity contribution in [1.29, 1.82) is 0 Å². The third-order valence-electron chi connectivity index (χ3n) is 3.81. The number of fused-ring (bicyclic) bond motifs is 1. The second-order valence-electron chi connectivity index (χ2n) is 5.81. The van der Waals surface area contributed by atoms with Crippen molar-refractivity contribution in [3.63, 3.8) is 0 Å². The average Bonchev–Trinajstić information content (AvgIpc) is 2.98. The first-order chi connectivity index (χ1) is 9.72. The van der Waals surface area contributed by atoms with Gasteiger partial charge in [-0.25, -0.2) is 9.97 Å². The van der Waals surface area contributed by atoms with Gasteiger partial charge in [-0.05, 0) is 49.4 Å². The second-order valence-corrected chi connectivity index (χ2v) is 5.81. The van der Waals surface area contributed by atoms with Crippen LogP contribution in [-0.2, 0) is 12.8 Å². The van der Waals surface area contributed by atoms with Gasteiger partial charge in [-0.3, -0.25) is 0 Å². The molecule has 0 radical (unpaired) electrons. The summed E-state index contributed by atoms with van der Waals surface area (Å²) in [5, 5.41) is 3.52. The Morgan fingerprint density at radius 2 is 2.35 bits per heavy atom. The third-order valence-corrected chi connectivity index (χ3v) is 3.81. The minimum absolute atomic E-state index is 0.550. The van der Waals surface area contributed by atoms with Crippen molar-refractivity contribution in [2.75, 3.05) is 6.54 Å². The van der Waals surface area contributed by atoms with Crippen molar-refractivity contribution in [2.24, 2.45) is 5.92 Å². The largest absolute Gasteiger partial charge is 0.461 e. The molecule has 20 heavy (non-hydrogen) atoms. The number of rotatable bonds is 4. The molecule has 2 heterocycles. The summed E-state index contributed by atoms with van der Waals surface area (Å²) in [5.74, 6) is 2.15. The Bertz CT molecular complexity index is 563. The van der Waals surface area contributed by atoms with Crippen LogP contribution in [0.15, 0.2) is 29.0 Å². The van der Waals surface area contributed by atoms with E-state index >= 15 is 0 Å². The molecule has 1 atom stereocenters. The third kappa shape index (κ3) is 2.90. The first-order valence-electron chi connectivity index (χ1n) is 7.34. The zero-order chi connectivity index (χ0) is 13.9. The van der Waals surface area contributed by atoms with Gasteiger partial charge < -0.3 is 9.73 Å². The van der Waals surface area contributed by atoms with Gasteiger partial charge in [0.2, 0.25) is 0 Å². The highest BCUT2D eigenvalue weighted by atomic mass is 16.3. The summed E-state index contributed by atoms with van der Waals surface area (Å²) in [6.07, 6.45) is 6.94. The van der Waals surface area contributed by atoms with E-state index in [1.807, 2.05) is 18.3 Å². The second kappa shape index (κ2) is 5.75. The van der Waals surface area contributed by atoms with Crippen molar-refractivity contribution in [3.05, 3.63) is 35.9 Å². The average molecular weight is 271 g/mol. The van der Waals surface area contributed by atoms with Crippen LogP contribution in [0.4, 0.5) is 0 Å². The molecule has 2 aromatic rings. The smallest absolute Gasteiger partial charge is 0.195 e. The highest BCUT2D eigenvalue weighted by Crippen LogP contribution is 2.25. The fourth-order valence-corrected chi connectivity index (χ4v) is 2.68. The van der Waals surface area contributed by atoms with Crippen LogP contribution in [0.5, 0.6) is 0 Å². The molecule has 3 rings (SSSR count). The number of nitrogens with zero attached hydrogens (tertiary/aromatic N) is 2. The van der Waals surface area contributed by atoms with E-state index in [0.717, 1.165) is 25.1 Å². The Labute approximate surface area is 119 Å². The van der Waals surface area contributed by atoms with Crippen LogP contribution in [0.2, 0.25) is 0 Å². The predicted molar refractivity (Wildman–Crippen MR) is 78.4 cm³/mol. The standard InChI is InChI=1S/C16H21N3O/c1-11(2)17-9-12-5-6-14-13(8-12)10-18-16(19-14)15-4-3-7-20-15/h3-4,7,10-12,17H,5-6,8-9H2,1-2H3. The summed E-state index contributed by atoms with van der Waals surface area (Å²) < 4.78 is 5.36. The number of furan rings is 1. The highest BCUT2D eigenvalue weighted by Gasteiger charge is 2.21. The molecular weight excluding hydrogens is 250 g/mol. The Balaban J connectivity index is 1.72. The minimum atomic E-state index is 0.550. The molecule has 1 unspecified atom stereocenters. The summed E-state index contributed by atoms with van der Waals surface area (Å²) in [7, 11) is 0. The van der Waals surface area contributed by atoms with Gasteiger partial charge in [0.1, 0.15) is 0 Å². The molecule has 0 saturated carbocycles. The molecule has 0 amide bonds. The van der Waals surface area contributed by atoms with Gasteiger partial charge in [0, 0.05) is 17.9 Å². The van der Waals surface area contributed by atoms with Gasteiger partial charge >= 0.3 is 0 Å². The molecule has 2 aromatic heterocycles. The minimum Gasteiger partial charge on any atom is -0.461 e. The zero-order valence-electron chi connectivity index (χ0n) is 12.1. The van der Waals surface area contributed by atoms with Crippen molar-refractivity contribution < 1.29 is 4.42 Å². The SMILES string of the molecule is CC(C)NCC1CCc2nc(-c3ccco3)ncc2C1. The fourth-order valence-electron chi connectivity index (χ4n) is 2.68. The number of hydrogen-bond donors (Lipinski definition) is 1. The maximum atomic E-state index is 5.36. The van der Waals surface area contributed by atoms with Crippen molar-refractivity contribution in [2.45, 2.75) is 39.2 Å². The zero-order valence-corrected chi connectivity index (χ0v) is 12.1. The lowest BCUT2D eigenvalue weighted by Gasteiger charge is -2.24. The summed E-state index contributed by atoms with van der Waals surface area (Å²) >= 11 is 0. The lowest BCUT2D eigenvalue weighted by Crippen LogP contribution is -2.32. The van der Waals surface area contributed by atoms with Crippen LogP contribution in [0.25, 0.3) is 11.6 Å². The van der Waals surface area contributed by atoms with Gasteiger partial charge in [-0.2, -0.15) is 0 Å². The van der Waals surface area contributed by atoms with Crippen molar-refractivity contribution in [1.82, 2.24) is 15.3 Å². The first-order valence-corrected chi connectivity index (χ1v) is 7.34. The predicted octanol–water partition coefficient (Wildman–Crippen LogP) is 2.84. The summed E-state index contributed by atoms with van der Waals surface area (Å²) in [4.78, 5) is 9.10. The van der Waals surface area contributed by atoms with Crippen molar-refractivity contribution in [3.8, 4) is 11.6 Å². The lowest BCUT2D eigenvalue weighted by molar-refractivity contribution is 0.402. The van der Waals surface area contributed by atoms with E-state index in [9.17, 15) is 0 Å². The quantitative estimate of drug-likeness (QED) is 0.929. The van der Waals surface area contributed by atoms with Crippen LogP contribution in [-0.4, -0.2) is 22.6 Å². The Morgan fingerprint density at radius 1 is 1.45 bits per heavy atom. The van der Waals surface area contributed by atoms with E-state index in [2.05, 4.69) is 29.1 Å². The van der Waals surface area contributed by atoms with Crippen LogP contribution >= 0.6 is 0 Å². The Hall–Kier alpha value is -1.68. The number of hydrogen-bond acceptors (Lipinski definition) is 4. The van der Waals surface area contributed by atoms with Crippen LogP contribution in [0.3, 0.4) is 0 Å². The van der Waals surface area contributed by atoms with Gasteiger partial charge in [0.25, 0.3) is 0 Å². The van der Waals surface area contributed by atoms with Crippen molar-refractivity contribution >= 4 is 0 Å². The normalized spacial score (nSPS) is 18.2. The first kappa shape index (κ1) is 13.3. The van der Waals surface area contributed by atoms with Crippen LogP contribution < -0.4 is 5.32 Å². The molecule has 1 aliphatic rings. The molecule has 1 aliphatic carbocycles. The van der Waals surface area contributed by atoms with Crippen LogP contribution in [0, 0.1) is 5.92 Å². The monoisotopic (exact) mass is 271 g/mol. The van der Waals surface area contributed by atoms with E-state index in [0.29, 0.717) is 17.8 Å². The molecule has 0 saturated heterocycles. The summed E-state index contributed by atoms with van der Waals surface area (Å²) in [6.45, 7) is 5.46. The summed E-state index contributed by atoms with van der Waals surface area (Å²) in [6, 6.07) is 4.32. The van der Waals surface area contributed by atoms with E-state index in [1.54, 1.807) is 6.26 Å². The van der Waals surface area contributed by atoms with Gasteiger partial charge in [-0.15, -0.1) is 0 Å². The molecule has 0 bridgehead atoms. The van der Waals surface area contributed by atoms with Gasteiger partial charge in [-0.1, -0.05) is 13.8 Å². The topological polar surface area (TPSA) is 51.0 Å². The molecule has 0 spiro atoms. The maximum absolute atomic E-state index is 5.36. The Morgan fingerprint density at radius 3 is 3.10 bits per heavy atom. The maximum Gasteiger partial charge on any atom is 0.195 e. The van der Waals surface area contributed by atoms with Gasteiger partial charge in [0.15, 0.2) is 11.6 Å². The van der Waals surface area contributed by atoms with E-state index in [4.69, 9.17) is 4.42 Å². The lowest BCUT2D eigenvalue weighted by atomic mass is 9.87. The number of nitrogens with one attached hydrogen (secondary N) is 1. The van der Waals surface area contributed by atoms with Gasteiger partial charge in [0.05, 0.1) is 6.26 Å². The number of aromatic nitrogens is 2. The van der Waals surface area contributed by atoms with Crippen LogP contribution in [0.1, 0.15) is 31.5 Å². The van der Waals surface area contributed by atoms with E-state index in [1.165, 1.54) is 17.7 Å². The molecular formula is C16H21N3O. The molecule has 1 N–H and O–H groups in total. The number of aryl methyl sites for hydroxylation is 1. The molecule has 106 valence electrons.